The lowest BCUT2D eigenvalue weighted by atomic mass is 9.94. The van der Waals surface area contributed by atoms with Gasteiger partial charge in [-0.3, -0.25) is 4.79 Å². The molecule has 0 heterocycles. The molecule has 0 spiro atoms. The van der Waals surface area contributed by atoms with E-state index in [1.165, 1.54) is 19.3 Å². The van der Waals surface area contributed by atoms with E-state index in [-0.39, 0.29) is 0 Å². The minimum absolute atomic E-state index is 0.313. The van der Waals surface area contributed by atoms with Crippen LogP contribution in [0.1, 0.15) is 44.9 Å². The van der Waals surface area contributed by atoms with Crippen molar-refractivity contribution >= 4 is 5.97 Å². The van der Waals surface area contributed by atoms with Crippen LogP contribution in [-0.4, -0.2) is 24.2 Å². The molecule has 0 aromatic carbocycles. The third-order valence-corrected chi connectivity index (χ3v) is 3.05. The van der Waals surface area contributed by atoms with Gasteiger partial charge in [0, 0.05) is 6.42 Å². The topological polar surface area (TPSA) is 49.3 Å². The van der Waals surface area contributed by atoms with Gasteiger partial charge in [0.05, 0.1) is 0 Å². The van der Waals surface area contributed by atoms with Crippen LogP contribution in [0.2, 0.25) is 0 Å². The zero-order valence-electron chi connectivity index (χ0n) is 9.95. The highest BCUT2D eigenvalue weighted by Crippen LogP contribution is 2.16. The Labute approximate surface area is 97.9 Å². The standard InChI is InChI=1S/C13H23NO2/c15-13(16)9-5-2-6-10-14-11-12-7-3-1-4-8-12/h1,3,12,14H,2,4-11H2,(H,15,16). The number of rotatable bonds is 8. The Kier molecular flexibility index (Phi) is 6.90. The van der Waals surface area contributed by atoms with Gasteiger partial charge in [0.2, 0.25) is 0 Å². The third-order valence-electron chi connectivity index (χ3n) is 3.05. The van der Waals surface area contributed by atoms with Crippen molar-refractivity contribution in [1.82, 2.24) is 5.32 Å². The number of carboxylic acids is 1. The fourth-order valence-corrected chi connectivity index (χ4v) is 2.05. The SMILES string of the molecule is O=C(O)CCCCCNCC1CC=CCC1. The highest BCUT2D eigenvalue weighted by molar-refractivity contribution is 5.66. The fraction of sp³-hybridized carbons (Fsp3) is 0.769. The Balaban J connectivity index is 1.84. The van der Waals surface area contributed by atoms with Crippen LogP contribution in [0.3, 0.4) is 0 Å². The number of nitrogens with one attached hydrogen (secondary N) is 1. The van der Waals surface area contributed by atoms with E-state index in [1.54, 1.807) is 0 Å². The Bertz CT molecular complexity index is 226. The van der Waals surface area contributed by atoms with E-state index in [0.29, 0.717) is 6.42 Å². The number of allylic oxidation sites excluding steroid dienone is 2. The van der Waals surface area contributed by atoms with E-state index in [4.69, 9.17) is 5.11 Å². The number of hydrogen-bond donors (Lipinski definition) is 2. The van der Waals surface area contributed by atoms with Crippen LogP contribution in [0.15, 0.2) is 12.2 Å². The third kappa shape index (κ3) is 6.62. The van der Waals surface area contributed by atoms with Crippen molar-refractivity contribution in [2.45, 2.75) is 44.9 Å². The lowest BCUT2D eigenvalue weighted by Gasteiger charge is -2.17. The van der Waals surface area contributed by atoms with Crippen molar-refractivity contribution in [3.05, 3.63) is 12.2 Å². The van der Waals surface area contributed by atoms with E-state index in [1.807, 2.05) is 0 Å². The second-order valence-electron chi connectivity index (χ2n) is 4.56. The van der Waals surface area contributed by atoms with Crippen LogP contribution in [0.5, 0.6) is 0 Å². The lowest BCUT2D eigenvalue weighted by molar-refractivity contribution is -0.137. The molecule has 0 aromatic rings. The second-order valence-corrected chi connectivity index (χ2v) is 4.56. The Morgan fingerprint density at radius 2 is 2.19 bits per heavy atom. The average Bonchev–Trinajstić information content (AvgIpc) is 2.29. The van der Waals surface area contributed by atoms with Gasteiger partial charge in [0.25, 0.3) is 0 Å². The Morgan fingerprint density at radius 3 is 2.88 bits per heavy atom. The van der Waals surface area contributed by atoms with Crippen molar-refractivity contribution < 1.29 is 9.90 Å². The quantitative estimate of drug-likeness (QED) is 0.493. The summed E-state index contributed by atoms with van der Waals surface area (Å²) in [5, 5.41) is 11.9. The van der Waals surface area contributed by atoms with E-state index >= 15 is 0 Å². The summed E-state index contributed by atoms with van der Waals surface area (Å²) in [6.07, 6.45) is 11.5. The monoisotopic (exact) mass is 225 g/mol. The van der Waals surface area contributed by atoms with Crippen LogP contribution >= 0.6 is 0 Å². The first-order valence-electron chi connectivity index (χ1n) is 6.36. The molecule has 0 bridgehead atoms. The van der Waals surface area contributed by atoms with Gasteiger partial charge in [-0.1, -0.05) is 18.6 Å². The molecule has 92 valence electrons. The molecule has 0 fully saturated rings. The van der Waals surface area contributed by atoms with Gasteiger partial charge in [0.15, 0.2) is 0 Å². The van der Waals surface area contributed by atoms with Gasteiger partial charge in [0.1, 0.15) is 0 Å². The van der Waals surface area contributed by atoms with Crippen molar-refractivity contribution in [1.29, 1.82) is 0 Å². The first kappa shape index (κ1) is 13.2. The summed E-state index contributed by atoms with van der Waals surface area (Å²) < 4.78 is 0. The van der Waals surface area contributed by atoms with Crippen molar-refractivity contribution in [3.63, 3.8) is 0 Å². The summed E-state index contributed by atoms with van der Waals surface area (Å²) in [4.78, 5) is 10.3. The predicted octanol–water partition coefficient (Wildman–Crippen LogP) is 2.58. The molecule has 1 aliphatic rings. The molecule has 1 aliphatic carbocycles. The molecule has 0 saturated heterocycles. The highest BCUT2D eigenvalue weighted by atomic mass is 16.4. The molecule has 1 unspecified atom stereocenters. The molecule has 0 aromatic heterocycles. The molecule has 2 N–H and O–H groups in total. The summed E-state index contributed by atoms with van der Waals surface area (Å²) >= 11 is 0. The summed E-state index contributed by atoms with van der Waals surface area (Å²) in [5.41, 5.74) is 0. The van der Waals surface area contributed by atoms with Crippen molar-refractivity contribution in [2.24, 2.45) is 5.92 Å². The lowest BCUT2D eigenvalue weighted by Crippen LogP contribution is -2.24. The van der Waals surface area contributed by atoms with Crippen LogP contribution in [-0.2, 0) is 4.79 Å². The van der Waals surface area contributed by atoms with Gasteiger partial charge in [-0.05, 0) is 51.1 Å². The van der Waals surface area contributed by atoms with Gasteiger partial charge in [-0.25, -0.2) is 0 Å². The van der Waals surface area contributed by atoms with E-state index < -0.39 is 5.97 Å². The summed E-state index contributed by atoms with van der Waals surface area (Å²) in [6.45, 7) is 2.14. The minimum atomic E-state index is -0.679. The number of aliphatic carboxylic acids is 1. The maximum Gasteiger partial charge on any atom is 0.303 e. The second kappa shape index (κ2) is 8.34. The number of carbonyl (C=O) groups is 1. The van der Waals surface area contributed by atoms with Gasteiger partial charge in [-0.15, -0.1) is 0 Å². The van der Waals surface area contributed by atoms with Crippen LogP contribution in [0.4, 0.5) is 0 Å². The van der Waals surface area contributed by atoms with Crippen LogP contribution in [0.25, 0.3) is 0 Å². The molecule has 0 saturated carbocycles. The molecule has 0 radical (unpaired) electrons. The first-order valence-corrected chi connectivity index (χ1v) is 6.36. The fourth-order valence-electron chi connectivity index (χ4n) is 2.05. The number of unbranched alkanes of at least 4 members (excludes halogenated alkanes) is 2. The van der Waals surface area contributed by atoms with Crippen molar-refractivity contribution in [2.75, 3.05) is 13.1 Å². The molecule has 1 atom stereocenters. The van der Waals surface area contributed by atoms with Gasteiger partial charge < -0.3 is 10.4 Å². The molecular weight excluding hydrogens is 202 g/mol. The maximum absolute atomic E-state index is 10.3. The maximum atomic E-state index is 10.3. The summed E-state index contributed by atoms with van der Waals surface area (Å²) in [5.74, 6) is 0.131. The van der Waals surface area contributed by atoms with Crippen LogP contribution in [0, 0.1) is 5.92 Å². The van der Waals surface area contributed by atoms with E-state index in [9.17, 15) is 4.79 Å². The molecule has 0 aliphatic heterocycles. The minimum Gasteiger partial charge on any atom is -0.481 e. The molecule has 3 nitrogen and oxygen atoms in total. The van der Waals surface area contributed by atoms with E-state index in [0.717, 1.165) is 38.3 Å². The Hall–Kier alpha value is -0.830. The molecule has 16 heavy (non-hydrogen) atoms. The van der Waals surface area contributed by atoms with E-state index in [2.05, 4.69) is 17.5 Å². The van der Waals surface area contributed by atoms with Gasteiger partial charge in [-0.2, -0.15) is 0 Å². The first-order chi connectivity index (χ1) is 7.79. The zero-order chi connectivity index (χ0) is 11.6. The summed E-state index contributed by atoms with van der Waals surface area (Å²) in [6, 6.07) is 0. The van der Waals surface area contributed by atoms with Crippen molar-refractivity contribution in [3.8, 4) is 0 Å². The average molecular weight is 225 g/mol. The summed E-state index contributed by atoms with van der Waals surface area (Å²) in [7, 11) is 0. The Morgan fingerprint density at radius 1 is 1.31 bits per heavy atom. The predicted molar refractivity (Wildman–Crippen MR) is 65.5 cm³/mol. The molecule has 0 amide bonds. The zero-order valence-corrected chi connectivity index (χ0v) is 9.95. The number of hydrogen-bond acceptors (Lipinski definition) is 2. The number of carboxylic acid groups (broad SMARTS) is 1. The smallest absolute Gasteiger partial charge is 0.303 e. The normalized spacial score (nSPS) is 19.9. The highest BCUT2D eigenvalue weighted by Gasteiger charge is 2.08. The molecule has 3 heteroatoms. The molecule has 1 rings (SSSR count). The van der Waals surface area contributed by atoms with Crippen LogP contribution < -0.4 is 5.32 Å². The molecular formula is C13H23NO2. The largest absolute Gasteiger partial charge is 0.481 e. The van der Waals surface area contributed by atoms with Gasteiger partial charge >= 0.3 is 5.97 Å².